The van der Waals surface area contributed by atoms with E-state index < -0.39 is 27.0 Å². The number of nitrogens with zero attached hydrogens (tertiary/aromatic N) is 2. The van der Waals surface area contributed by atoms with Crippen LogP contribution in [0.1, 0.15) is 49.4 Å². The van der Waals surface area contributed by atoms with Gasteiger partial charge >= 0.3 is 5.97 Å². The summed E-state index contributed by atoms with van der Waals surface area (Å²) in [7, 11) is -3.90. The van der Waals surface area contributed by atoms with Gasteiger partial charge in [0.15, 0.2) is 0 Å². The molecule has 0 aliphatic rings. The summed E-state index contributed by atoms with van der Waals surface area (Å²) in [6.45, 7) is 7.94. The molecule has 2 aromatic carbocycles. The van der Waals surface area contributed by atoms with Crippen molar-refractivity contribution in [3.63, 3.8) is 0 Å². The molecule has 0 aromatic heterocycles. The summed E-state index contributed by atoms with van der Waals surface area (Å²) in [5.74, 6) is -1.05. The SMILES string of the molecule is Cc1ccc(N(CC(C)C)S(=O)(=O)c2ccc(C(CCC(=O)O)[N+](=O)[O-])cc2)c(C)c1. The number of benzene rings is 2. The molecule has 2 aromatic rings. The fourth-order valence-electron chi connectivity index (χ4n) is 3.39. The summed E-state index contributed by atoms with van der Waals surface area (Å²) in [6.07, 6.45) is -0.517. The Labute approximate surface area is 182 Å². The second-order valence-corrected chi connectivity index (χ2v) is 9.88. The van der Waals surface area contributed by atoms with Crippen LogP contribution in [0.4, 0.5) is 5.69 Å². The summed E-state index contributed by atoms with van der Waals surface area (Å²) in [5, 5.41) is 20.2. The van der Waals surface area contributed by atoms with E-state index in [1.54, 1.807) is 6.07 Å². The summed E-state index contributed by atoms with van der Waals surface area (Å²) in [4.78, 5) is 21.6. The molecule has 0 amide bonds. The molecule has 1 unspecified atom stereocenters. The molecule has 0 bridgehead atoms. The van der Waals surface area contributed by atoms with Gasteiger partial charge in [0.05, 0.1) is 17.0 Å². The summed E-state index contributed by atoms with van der Waals surface area (Å²) in [5.41, 5.74) is 2.72. The molecule has 1 atom stereocenters. The molecular weight excluding hydrogens is 420 g/mol. The number of hydrogen-bond donors (Lipinski definition) is 1. The molecule has 9 heteroatoms. The van der Waals surface area contributed by atoms with Gasteiger partial charge in [-0.1, -0.05) is 43.7 Å². The monoisotopic (exact) mass is 448 g/mol. The Balaban J connectivity index is 2.43. The Morgan fingerprint density at radius 2 is 1.74 bits per heavy atom. The highest BCUT2D eigenvalue weighted by Crippen LogP contribution is 2.30. The number of hydrogen-bond acceptors (Lipinski definition) is 5. The van der Waals surface area contributed by atoms with Crippen molar-refractivity contribution in [1.82, 2.24) is 0 Å². The first-order chi connectivity index (χ1) is 14.4. The van der Waals surface area contributed by atoms with Crippen molar-refractivity contribution in [2.75, 3.05) is 10.8 Å². The van der Waals surface area contributed by atoms with Crippen LogP contribution in [-0.4, -0.2) is 31.0 Å². The molecule has 0 heterocycles. The van der Waals surface area contributed by atoms with Gasteiger partial charge in [0.2, 0.25) is 6.04 Å². The highest BCUT2D eigenvalue weighted by molar-refractivity contribution is 7.92. The average molecular weight is 449 g/mol. The van der Waals surface area contributed by atoms with Crippen molar-refractivity contribution >= 4 is 21.7 Å². The molecule has 0 radical (unpaired) electrons. The van der Waals surface area contributed by atoms with Crippen molar-refractivity contribution in [2.24, 2.45) is 5.92 Å². The van der Waals surface area contributed by atoms with E-state index >= 15 is 0 Å². The van der Waals surface area contributed by atoms with E-state index in [1.807, 2.05) is 39.8 Å². The zero-order valence-corrected chi connectivity index (χ0v) is 18.9. The van der Waals surface area contributed by atoms with Gasteiger partial charge in [-0.15, -0.1) is 0 Å². The van der Waals surface area contributed by atoms with E-state index in [-0.39, 0.29) is 35.8 Å². The third-order valence-electron chi connectivity index (χ3n) is 4.89. The van der Waals surface area contributed by atoms with Crippen molar-refractivity contribution in [3.05, 3.63) is 69.3 Å². The van der Waals surface area contributed by atoms with Gasteiger partial charge in [-0.25, -0.2) is 8.42 Å². The van der Waals surface area contributed by atoms with Gasteiger partial charge in [0, 0.05) is 23.5 Å². The molecule has 0 spiro atoms. The van der Waals surface area contributed by atoms with E-state index in [4.69, 9.17) is 5.11 Å². The number of carboxylic acid groups (broad SMARTS) is 1. The van der Waals surface area contributed by atoms with Gasteiger partial charge < -0.3 is 5.11 Å². The van der Waals surface area contributed by atoms with Crippen molar-refractivity contribution in [1.29, 1.82) is 0 Å². The van der Waals surface area contributed by atoms with Crippen LogP contribution in [0.15, 0.2) is 47.4 Å². The number of nitro groups is 1. The van der Waals surface area contributed by atoms with Gasteiger partial charge in [-0.2, -0.15) is 0 Å². The molecule has 1 N–H and O–H groups in total. The summed E-state index contributed by atoms with van der Waals surface area (Å²) in [6, 6.07) is 9.82. The molecule has 8 nitrogen and oxygen atoms in total. The Bertz CT molecular complexity index is 1050. The second-order valence-electron chi connectivity index (χ2n) is 8.02. The molecule has 168 valence electrons. The van der Waals surface area contributed by atoms with Crippen molar-refractivity contribution in [3.8, 4) is 0 Å². The van der Waals surface area contributed by atoms with Crippen LogP contribution in [0.3, 0.4) is 0 Å². The van der Waals surface area contributed by atoms with E-state index in [9.17, 15) is 23.3 Å². The van der Waals surface area contributed by atoms with Gasteiger partial charge in [0.25, 0.3) is 10.0 Å². The lowest BCUT2D eigenvalue weighted by atomic mass is 10.0. The number of aryl methyl sites for hydroxylation is 2. The first-order valence-corrected chi connectivity index (χ1v) is 11.4. The normalized spacial score (nSPS) is 12.5. The number of carboxylic acids is 1. The van der Waals surface area contributed by atoms with Crippen LogP contribution < -0.4 is 4.31 Å². The number of anilines is 1. The maximum atomic E-state index is 13.4. The standard InChI is InChI=1S/C22H28N2O6S/c1-15(2)14-23(20-10-5-16(3)13-17(20)4)31(29,30)19-8-6-18(7-9-19)21(24(27)28)11-12-22(25)26/h5-10,13,15,21H,11-12,14H2,1-4H3,(H,25,26). The highest BCUT2D eigenvalue weighted by Gasteiger charge is 2.29. The predicted molar refractivity (Wildman–Crippen MR) is 118 cm³/mol. The number of sulfonamides is 1. The van der Waals surface area contributed by atoms with Crippen molar-refractivity contribution < 1.29 is 23.2 Å². The fourth-order valence-corrected chi connectivity index (χ4v) is 5.08. The van der Waals surface area contributed by atoms with Crippen LogP contribution in [0, 0.1) is 29.9 Å². The lowest BCUT2D eigenvalue weighted by molar-refractivity contribution is -0.529. The molecule has 31 heavy (non-hydrogen) atoms. The van der Waals surface area contributed by atoms with Gasteiger partial charge in [-0.05, 0) is 43.5 Å². The first-order valence-electron chi connectivity index (χ1n) is 9.98. The molecule has 0 aliphatic carbocycles. The molecule has 0 aliphatic heterocycles. The third kappa shape index (κ3) is 6.04. The van der Waals surface area contributed by atoms with Crippen molar-refractivity contribution in [2.45, 2.75) is 51.5 Å². The zero-order valence-electron chi connectivity index (χ0n) is 18.1. The molecule has 0 saturated carbocycles. The summed E-state index contributed by atoms with van der Waals surface area (Å²) >= 11 is 0. The minimum Gasteiger partial charge on any atom is -0.481 e. The minimum atomic E-state index is -3.90. The molecular formula is C22H28N2O6S. The second kappa shape index (κ2) is 9.91. The van der Waals surface area contributed by atoms with E-state index in [1.165, 1.54) is 28.6 Å². The number of aliphatic carboxylic acids is 1. The fraction of sp³-hybridized carbons (Fsp3) is 0.409. The molecule has 0 fully saturated rings. The van der Waals surface area contributed by atoms with Crippen LogP contribution in [0.5, 0.6) is 0 Å². The lowest BCUT2D eigenvalue weighted by Gasteiger charge is -2.28. The van der Waals surface area contributed by atoms with Crippen LogP contribution in [0.2, 0.25) is 0 Å². The minimum absolute atomic E-state index is 0.0252. The van der Waals surface area contributed by atoms with E-state index in [0.717, 1.165) is 11.1 Å². The first kappa shape index (κ1) is 24.3. The van der Waals surface area contributed by atoms with E-state index in [0.29, 0.717) is 5.69 Å². The van der Waals surface area contributed by atoms with E-state index in [2.05, 4.69) is 0 Å². The predicted octanol–water partition coefficient (Wildman–Crippen LogP) is 4.34. The quantitative estimate of drug-likeness (QED) is 0.427. The third-order valence-corrected chi connectivity index (χ3v) is 6.68. The zero-order chi connectivity index (χ0) is 23.3. The Hall–Kier alpha value is -2.94. The Morgan fingerprint density at radius 1 is 1.13 bits per heavy atom. The van der Waals surface area contributed by atoms with Gasteiger partial charge in [0.1, 0.15) is 0 Å². The lowest BCUT2D eigenvalue weighted by Crippen LogP contribution is -2.34. The summed E-state index contributed by atoms with van der Waals surface area (Å²) < 4.78 is 28.3. The van der Waals surface area contributed by atoms with Crippen LogP contribution in [-0.2, 0) is 14.8 Å². The number of rotatable bonds is 10. The molecule has 2 rings (SSSR count). The maximum absolute atomic E-state index is 13.4. The topological polar surface area (TPSA) is 118 Å². The van der Waals surface area contributed by atoms with Crippen LogP contribution >= 0.6 is 0 Å². The van der Waals surface area contributed by atoms with Gasteiger partial charge in [-0.3, -0.25) is 19.2 Å². The maximum Gasteiger partial charge on any atom is 0.303 e. The largest absolute Gasteiger partial charge is 0.481 e. The molecule has 0 saturated heterocycles. The average Bonchev–Trinajstić information content (AvgIpc) is 2.66. The smallest absolute Gasteiger partial charge is 0.303 e. The number of carbonyl (C=O) groups is 1. The Kier molecular flexibility index (Phi) is 7.78. The Morgan fingerprint density at radius 3 is 2.23 bits per heavy atom. The highest BCUT2D eigenvalue weighted by atomic mass is 32.2. The van der Waals surface area contributed by atoms with Crippen LogP contribution in [0.25, 0.3) is 0 Å².